The Kier molecular flexibility index (Phi) is 7.29. The molecule has 2 nitrogen and oxygen atoms in total. The maximum atomic E-state index is 2.66. The van der Waals surface area contributed by atoms with Crippen molar-refractivity contribution in [2.75, 3.05) is 0 Å². The maximum Gasteiger partial charge on any atom is 0.0560 e. The highest BCUT2D eigenvalue weighted by atomic mass is 15.0. The van der Waals surface area contributed by atoms with E-state index in [-0.39, 0.29) is 6.04 Å². The molecule has 2 heteroatoms. The molecule has 0 bridgehead atoms. The molecule has 11 aromatic rings. The monoisotopic (exact) mass is 764 g/mol. The molecule has 1 unspecified atom stereocenters. The molecule has 1 atom stereocenters. The van der Waals surface area contributed by atoms with Crippen molar-refractivity contribution in [1.82, 2.24) is 9.13 Å². The zero-order valence-electron chi connectivity index (χ0n) is 33.1. The van der Waals surface area contributed by atoms with Crippen molar-refractivity contribution >= 4 is 65.2 Å². The largest absolute Gasteiger partial charge is 0.333 e. The Morgan fingerprint density at radius 3 is 1.73 bits per heavy atom. The van der Waals surface area contributed by atoms with Gasteiger partial charge in [-0.05, 0) is 146 Å². The van der Waals surface area contributed by atoms with Crippen LogP contribution in [0.4, 0.5) is 0 Å². The van der Waals surface area contributed by atoms with Gasteiger partial charge in [-0.15, -0.1) is 0 Å². The molecule has 13 rings (SSSR count). The van der Waals surface area contributed by atoms with E-state index in [1.165, 1.54) is 115 Å². The van der Waals surface area contributed by atoms with E-state index < -0.39 is 0 Å². The van der Waals surface area contributed by atoms with Gasteiger partial charge in [0.1, 0.15) is 0 Å². The zero-order chi connectivity index (χ0) is 39.3. The first-order valence-electron chi connectivity index (χ1n) is 21.3. The maximum absolute atomic E-state index is 2.66. The van der Waals surface area contributed by atoms with Gasteiger partial charge < -0.3 is 9.13 Å². The van der Waals surface area contributed by atoms with Crippen LogP contribution in [0.1, 0.15) is 23.6 Å². The number of benzene rings is 9. The van der Waals surface area contributed by atoms with Gasteiger partial charge in [-0.3, -0.25) is 0 Å². The molecular weight excluding hydrogens is 725 g/mol. The van der Waals surface area contributed by atoms with Crippen LogP contribution in [0.15, 0.2) is 200 Å². The Labute approximate surface area is 348 Å². The van der Waals surface area contributed by atoms with E-state index in [4.69, 9.17) is 0 Å². The fourth-order valence-corrected chi connectivity index (χ4v) is 10.6. The van der Waals surface area contributed by atoms with E-state index in [2.05, 4.69) is 209 Å². The summed E-state index contributed by atoms with van der Waals surface area (Å²) in [5.74, 6) is 0. The molecular formula is C58H40N2. The molecule has 0 fully saturated rings. The lowest BCUT2D eigenvalue weighted by Gasteiger charge is -2.25. The van der Waals surface area contributed by atoms with Gasteiger partial charge >= 0.3 is 0 Å². The first kappa shape index (κ1) is 33.5. The summed E-state index contributed by atoms with van der Waals surface area (Å²) in [6.45, 7) is 0. The molecule has 0 saturated heterocycles. The molecule has 0 amide bonds. The number of fused-ring (bicyclic) bond motifs is 12. The lowest BCUT2D eigenvalue weighted by molar-refractivity contribution is 0.645. The summed E-state index contributed by atoms with van der Waals surface area (Å²) in [5.41, 5.74) is 17.0. The van der Waals surface area contributed by atoms with E-state index >= 15 is 0 Å². The minimum Gasteiger partial charge on any atom is -0.333 e. The number of para-hydroxylation sites is 1. The molecule has 60 heavy (non-hydrogen) atoms. The third-order valence-electron chi connectivity index (χ3n) is 13.5. The van der Waals surface area contributed by atoms with E-state index in [1.54, 1.807) is 0 Å². The highest BCUT2D eigenvalue weighted by molar-refractivity contribution is 6.15. The molecule has 0 aliphatic heterocycles. The lowest BCUT2D eigenvalue weighted by atomic mass is 9.83. The van der Waals surface area contributed by atoms with Crippen LogP contribution in [0, 0.1) is 0 Å². The molecule has 2 heterocycles. The molecule has 2 aliphatic rings. The third-order valence-corrected chi connectivity index (χ3v) is 13.5. The minimum absolute atomic E-state index is 0.259. The van der Waals surface area contributed by atoms with Gasteiger partial charge in [-0.2, -0.15) is 0 Å². The number of aromatic nitrogens is 2. The Bertz CT molecular complexity index is 3630. The van der Waals surface area contributed by atoms with Gasteiger partial charge in [-0.1, -0.05) is 140 Å². The van der Waals surface area contributed by atoms with Gasteiger partial charge in [0.15, 0.2) is 0 Å². The Hall–Kier alpha value is -7.42. The van der Waals surface area contributed by atoms with Crippen LogP contribution in [0.25, 0.3) is 104 Å². The number of hydrogen-bond acceptors (Lipinski definition) is 0. The number of hydrogen-bond donors (Lipinski definition) is 0. The SMILES string of the molecule is C1=CCC(n2c3ccc(-c4ccc5ccccc5c4)cc3c3ccc4c(c32)CCc2cc3c5cc(-c6ccc7ccccc7c6)ccc5n(-c5ccccc5)c3cc2-4)C=C1. The first-order chi connectivity index (χ1) is 29.7. The number of nitrogens with zero attached hydrogens (tertiary/aromatic N) is 2. The second-order valence-electron chi connectivity index (χ2n) is 16.8. The lowest BCUT2D eigenvalue weighted by Crippen LogP contribution is -2.11. The molecule has 0 saturated carbocycles. The quantitative estimate of drug-likeness (QED) is 0.169. The topological polar surface area (TPSA) is 9.86 Å². The van der Waals surface area contributed by atoms with Crippen LogP contribution >= 0.6 is 0 Å². The van der Waals surface area contributed by atoms with Crippen LogP contribution in [0.2, 0.25) is 0 Å². The van der Waals surface area contributed by atoms with E-state index in [9.17, 15) is 0 Å². The van der Waals surface area contributed by atoms with Crippen molar-refractivity contribution in [2.24, 2.45) is 0 Å². The van der Waals surface area contributed by atoms with Crippen molar-refractivity contribution in [3.05, 3.63) is 211 Å². The summed E-state index contributed by atoms with van der Waals surface area (Å²) in [5, 5.41) is 10.4. The van der Waals surface area contributed by atoms with Crippen LogP contribution in [0.3, 0.4) is 0 Å². The third kappa shape index (κ3) is 5.07. The van der Waals surface area contributed by atoms with Crippen molar-refractivity contribution in [3.8, 4) is 39.1 Å². The fraction of sp³-hybridized carbons (Fsp3) is 0.0690. The van der Waals surface area contributed by atoms with Gasteiger partial charge in [0.2, 0.25) is 0 Å². The number of rotatable bonds is 4. The standard InChI is InChI=1S/C58H40N2/c1-3-15-46(16-4-1)59-55-29-24-44(42-22-20-38-12-8-10-14-40(38)32-42)34-53(55)54-35-45-23-26-49-48(51(45)36-57(54)59)27-28-50-52-33-43(41-21-19-37-11-7-9-13-39(37)31-41)25-30-56(52)60(58(49)50)47-17-5-2-6-18-47/h1-17,19-22,24-25,27-36,47H,18,23,26H2. The number of allylic oxidation sites excluding steroid dienone is 4. The Morgan fingerprint density at radius 2 is 1.03 bits per heavy atom. The van der Waals surface area contributed by atoms with Crippen molar-refractivity contribution in [1.29, 1.82) is 0 Å². The molecule has 0 N–H and O–H groups in total. The van der Waals surface area contributed by atoms with Crippen LogP contribution in [0.5, 0.6) is 0 Å². The summed E-state index contributed by atoms with van der Waals surface area (Å²) < 4.78 is 5.14. The van der Waals surface area contributed by atoms with Crippen molar-refractivity contribution in [3.63, 3.8) is 0 Å². The highest BCUT2D eigenvalue weighted by Gasteiger charge is 2.27. The van der Waals surface area contributed by atoms with Crippen LogP contribution < -0.4 is 0 Å². The molecule has 0 radical (unpaired) electrons. The minimum atomic E-state index is 0.259. The summed E-state index contributed by atoms with van der Waals surface area (Å²) >= 11 is 0. The number of aryl methyl sites for hydroxylation is 2. The average molecular weight is 765 g/mol. The van der Waals surface area contributed by atoms with Crippen molar-refractivity contribution < 1.29 is 0 Å². The smallest absolute Gasteiger partial charge is 0.0560 e. The fourth-order valence-electron chi connectivity index (χ4n) is 10.6. The van der Waals surface area contributed by atoms with Gasteiger partial charge in [0.25, 0.3) is 0 Å². The van der Waals surface area contributed by atoms with Crippen LogP contribution in [-0.4, -0.2) is 9.13 Å². The van der Waals surface area contributed by atoms with Gasteiger partial charge in [-0.25, -0.2) is 0 Å². The highest BCUT2D eigenvalue weighted by Crippen LogP contribution is 2.46. The predicted octanol–water partition coefficient (Wildman–Crippen LogP) is 15.4. The van der Waals surface area contributed by atoms with Gasteiger partial charge in [0, 0.05) is 32.7 Å². The van der Waals surface area contributed by atoms with Crippen molar-refractivity contribution in [2.45, 2.75) is 25.3 Å². The summed E-state index contributed by atoms with van der Waals surface area (Å²) in [6, 6.07) is 66.2. The molecule has 2 aromatic heterocycles. The predicted molar refractivity (Wildman–Crippen MR) is 254 cm³/mol. The first-order valence-corrected chi connectivity index (χ1v) is 21.3. The Balaban J connectivity index is 1.02. The summed E-state index contributed by atoms with van der Waals surface area (Å²) in [4.78, 5) is 0. The van der Waals surface area contributed by atoms with Crippen LogP contribution in [-0.2, 0) is 12.8 Å². The molecule has 9 aromatic carbocycles. The van der Waals surface area contributed by atoms with E-state index in [0.717, 1.165) is 19.3 Å². The molecule has 282 valence electrons. The van der Waals surface area contributed by atoms with Gasteiger partial charge in [0.05, 0.1) is 22.6 Å². The average Bonchev–Trinajstić information content (AvgIpc) is 3.82. The summed E-state index contributed by atoms with van der Waals surface area (Å²) in [6.07, 6.45) is 12.1. The molecule has 2 aliphatic carbocycles. The second kappa shape index (κ2) is 13.0. The molecule has 0 spiro atoms. The Morgan fingerprint density at radius 1 is 0.417 bits per heavy atom. The normalized spacial score (nSPS) is 14.8. The van der Waals surface area contributed by atoms with E-state index in [0.29, 0.717) is 0 Å². The summed E-state index contributed by atoms with van der Waals surface area (Å²) in [7, 11) is 0. The van der Waals surface area contributed by atoms with E-state index in [1.807, 2.05) is 0 Å². The zero-order valence-corrected chi connectivity index (χ0v) is 33.1. The second-order valence-corrected chi connectivity index (χ2v) is 16.8.